The molecule has 25 heavy (non-hydrogen) atoms. The molecule has 3 aromatic rings. The smallest absolute Gasteiger partial charge is 0.225 e. The van der Waals surface area contributed by atoms with Gasteiger partial charge in [-0.25, -0.2) is 4.98 Å². The summed E-state index contributed by atoms with van der Waals surface area (Å²) in [7, 11) is 0. The highest BCUT2D eigenvalue weighted by molar-refractivity contribution is 5.64. The summed E-state index contributed by atoms with van der Waals surface area (Å²) in [5.41, 5.74) is 3.11. The van der Waals surface area contributed by atoms with Gasteiger partial charge in [-0.1, -0.05) is 37.3 Å². The summed E-state index contributed by atoms with van der Waals surface area (Å²) in [6.45, 7) is 4.98. The first-order valence-corrected chi connectivity index (χ1v) is 8.58. The van der Waals surface area contributed by atoms with Gasteiger partial charge >= 0.3 is 0 Å². The van der Waals surface area contributed by atoms with Crippen LogP contribution in [0.5, 0.6) is 0 Å². The number of anilines is 2. The molecule has 0 bridgehead atoms. The van der Waals surface area contributed by atoms with Crippen LogP contribution in [0.4, 0.5) is 11.8 Å². The number of hydrogen-bond donors (Lipinski definition) is 2. The molecule has 2 heterocycles. The van der Waals surface area contributed by atoms with Crippen LogP contribution in [-0.4, -0.2) is 21.0 Å². The van der Waals surface area contributed by atoms with Gasteiger partial charge in [0.25, 0.3) is 0 Å². The second-order valence-electron chi connectivity index (χ2n) is 5.99. The molecule has 0 amide bonds. The molecule has 0 radical (unpaired) electrons. The van der Waals surface area contributed by atoms with Crippen LogP contribution in [0, 0.1) is 0 Å². The lowest BCUT2D eigenvalue weighted by Gasteiger charge is -2.14. The van der Waals surface area contributed by atoms with E-state index in [4.69, 9.17) is 0 Å². The van der Waals surface area contributed by atoms with Gasteiger partial charge < -0.3 is 10.6 Å². The van der Waals surface area contributed by atoms with Gasteiger partial charge in [0.15, 0.2) is 0 Å². The van der Waals surface area contributed by atoms with Crippen molar-refractivity contribution in [1.29, 1.82) is 0 Å². The van der Waals surface area contributed by atoms with E-state index in [0.717, 1.165) is 30.0 Å². The topological polar surface area (TPSA) is 62.7 Å². The number of benzene rings is 1. The third kappa shape index (κ3) is 4.76. The fourth-order valence-corrected chi connectivity index (χ4v) is 2.38. The van der Waals surface area contributed by atoms with Crippen molar-refractivity contribution in [2.24, 2.45) is 0 Å². The Morgan fingerprint density at radius 1 is 1.00 bits per heavy atom. The average molecular weight is 333 g/mol. The van der Waals surface area contributed by atoms with E-state index in [9.17, 15) is 0 Å². The van der Waals surface area contributed by atoms with Crippen LogP contribution in [0.1, 0.15) is 25.8 Å². The summed E-state index contributed by atoms with van der Waals surface area (Å²) in [6, 6.07) is 16.5. The molecular formula is C20H23N5. The molecule has 1 atom stereocenters. The molecule has 5 heteroatoms. The number of rotatable bonds is 7. The van der Waals surface area contributed by atoms with Crippen molar-refractivity contribution in [3.63, 3.8) is 0 Å². The number of pyridine rings is 1. The van der Waals surface area contributed by atoms with Crippen LogP contribution in [0.2, 0.25) is 0 Å². The quantitative estimate of drug-likeness (QED) is 0.672. The molecular weight excluding hydrogens is 310 g/mol. The van der Waals surface area contributed by atoms with Gasteiger partial charge in [0.05, 0.1) is 5.69 Å². The molecule has 0 saturated carbocycles. The predicted octanol–water partition coefficient (Wildman–Crippen LogP) is 4.36. The fraction of sp³-hybridized carbons (Fsp3) is 0.250. The molecule has 0 unspecified atom stereocenters. The molecule has 0 aliphatic heterocycles. The number of hydrogen-bond acceptors (Lipinski definition) is 5. The zero-order valence-corrected chi connectivity index (χ0v) is 14.6. The zero-order chi connectivity index (χ0) is 17.5. The molecule has 0 aliphatic rings. The lowest BCUT2D eigenvalue weighted by atomic mass is 10.2. The van der Waals surface area contributed by atoms with Crippen LogP contribution in [0.3, 0.4) is 0 Å². The van der Waals surface area contributed by atoms with Crippen LogP contribution >= 0.6 is 0 Å². The molecule has 0 spiro atoms. The highest BCUT2D eigenvalue weighted by atomic mass is 15.2. The minimum Gasteiger partial charge on any atom is -0.366 e. The number of nitrogens with one attached hydrogen (secondary N) is 2. The molecule has 0 aliphatic carbocycles. The minimum absolute atomic E-state index is 0.315. The first-order valence-electron chi connectivity index (χ1n) is 8.58. The van der Waals surface area contributed by atoms with E-state index >= 15 is 0 Å². The standard InChI is InChI=1S/C20H23N5/c1-3-15(2)23-20-24-18(17-9-11-21-12-10-17)13-19(25-20)22-14-16-7-5-4-6-8-16/h4-13,15H,3,14H2,1-2H3,(H2,22,23,24,25)/t15-/m1/s1. The molecule has 2 aromatic heterocycles. The SMILES string of the molecule is CC[C@@H](C)Nc1nc(NCc2ccccc2)cc(-c2ccncc2)n1. The lowest BCUT2D eigenvalue weighted by Crippen LogP contribution is -2.16. The maximum Gasteiger partial charge on any atom is 0.225 e. The Labute approximate surface area is 148 Å². The van der Waals surface area contributed by atoms with E-state index in [1.807, 2.05) is 36.4 Å². The van der Waals surface area contributed by atoms with Crippen molar-refractivity contribution < 1.29 is 0 Å². The van der Waals surface area contributed by atoms with Crippen molar-refractivity contribution in [1.82, 2.24) is 15.0 Å². The molecule has 0 fully saturated rings. The average Bonchev–Trinajstić information content (AvgIpc) is 2.67. The van der Waals surface area contributed by atoms with E-state index in [0.29, 0.717) is 12.0 Å². The first-order chi connectivity index (χ1) is 12.2. The second kappa shape index (κ2) is 8.24. The van der Waals surface area contributed by atoms with Gasteiger partial charge in [-0.15, -0.1) is 0 Å². The van der Waals surface area contributed by atoms with Crippen molar-refractivity contribution in [2.45, 2.75) is 32.9 Å². The molecule has 1 aromatic carbocycles. The van der Waals surface area contributed by atoms with Crippen molar-refractivity contribution in [3.05, 3.63) is 66.5 Å². The molecule has 128 valence electrons. The maximum atomic E-state index is 4.66. The van der Waals surface area contributed by atoms with Gasteiger partial charge in [-0.3, -0.25) is 4.98 Å². The Bertz CT molecular complexity index is 790. The van der Waals surface area contributed by atoms with E-state index < -0.39 is 0 Å². The Balaban J connectivity index is 1.86. The summed E-state index contributed by atoms with van der Waals surface area (Å²) in [5, 5.41) is 6.76. The van der Waals surface area contributed by atoms with Crippen LogP contribution in [-0.2, 0) is 6.54 Å². The summed E-state index contributed by atoms with van der Waals surface area (Å²) < 4.78 is 0. The largest absolute Gasteiger partial charge is 0.366 e. The highest BCUT2D eigenvalue weighted by Gasteiger charge is 2.08. The van der Waals surface area contributed by atoms with E-state index in [1.165, 1.54) is 5.56 Å². The maximum absolute atomic E-state index is 4.66. The summed E-state index contributed by atoms with van der Waals surface area (Å²) in [5.74, 6) is 1.44. The van der Waals surface area contributed by atoms with Crippen molar-refractivity contribution in [2.75, 3.05) is 10.6 Å². The van der Waals surface area contributed by atoms with Crippen molar-refractivity contribution in [3.8, 4) is 11.3 Å². The van der Waals surface area contributed by atoms with Crippen molar-refractivity contribution >= 4 is 11.8 Å². The van der Waals surface area contributed by atoms with Gasteiger partial charge in [0.1, 0.15) is 5.82 Å². The Morgan fingerprint density at radius 3 is 2.48 bits per heavy atom. The highest BCUT2D eigenvalue weighted by Crippen LogP contribution is 2.21. The summed E-state index contributed by atoms with van der Waals surface area (Å²) in [6.07, 6.45) is 4.56. The minimum atomic E-state index is 0.315. The summed E-state index contributed by atoms with van der Waals surface area (Å²) in [4.78, 5) is 13.3. The Morgan fingerprint density at radius 2 is 1.76 bits per heavy atom. The Hall–Kier alpha value is -2.95. The van der Waals surface area contributed by atoms with Crippen LogP contribution in [0.25, 0.3) is 11.3 Å². The van der Waals surface area contributed by atoms with Gasteiger partial charge in [-0.05, 0) is 31.0 Å². The van der Waals surface area contributed by atoms with E-state index in [2.05, 4.69) is 51.6 Å². The van der Waals surface area contributed by atoms with Gasteiger partial charge in [0.2, 0.25) is 5.95 Å². The van der Waals surface area contributed by atoms with Crippen LogP contribution < -0.4 is 10.6 Å². The van der Waals surface area contributed by atoms with E-state index in [-0.39, 0.29) is 0 Å². The second-order valence-corrected chi connectivity index (χ2v) is 5.99. The predicted molar refractivity (Wildman–Crippen MR) is 102 cm³/mol. The van der Waals surface area contributed by atoms with Gasteiger partial charge in [-0.2, -0.15) is 4.98 Å². The van der Waals surface area contributed by atoms with E-state index in [1.54, 1.807) is 12.4 Å². The molecule has 0 saturated heterocycles. The third-order valence-electron chi connectivity index (χ3n) is 4.01. The first kappa shape index (κ1) is 16.9. The molecule has 5 nitrogen and oxygen atoms in total. The molecule has 2 N–H and O–H groups in total. The number of nitrogens with zero attached hydrogens (tertiary/aromatic N) is 3. The zero-order valence-electron chi connectivity index (χ0n) is 14.6. The fourth-order valence-electron chi connectivity index (χ4n) is 2.38. The third-order valence-corrected chi connectivity index (χ3v) is 4.01. The Kier molecular flexibility index (Phi) is 5.57. The molecule has 3 rings (SSSR count). The number of aromatic nitrogens is 3. The summed E-state index contributed by atoms with van der Waals surface area (Å²) >= 11 is 0. The lowest BCUT2D eigenvalue weighted by molar-refractivity contribution is 0.753. The van der Waals surface area contributed by atoms with Gasteiger partial charge in [0, 0.05) is 36.6 Å². The normalized spacial score (nSPS) is 11.8. The van der Waals surface area contributed by atoms with Crippen LogP contribution in [0.15, 0.2) is 60.9 Å². The monoisotopic (exact) mass is 333 g/mol.